The molecule has 0 aliphatic rings. The van der Waals surface area contributed by atoms with Crippen LogP contribution in [0.3, 0.4) is 0 Å². The van der Waals surface area contributed by atoms with Crippen LogP contribution in [0.25, 0.3) is 0 Å². The van der Waals surface area contributed by atoms with Crippen LogP contribution in [-0.4, -0.2) is 34.9 Å². The van der Waals surface area contributed by atoms with Gasteiger partial charge in [0.25, 0.3) is 0 Å². The topological polar surface area (TPSA) is 69.6 Å². The molecule has 45 heavy (non-hydrogen) atoms. The van der Waals surface area contributed by atoms with E-state index in [0.29, 0.717) is 6.42 Å². The summed E-state index contributed by atoms with van der Waals surface area (Å²) >= 11 is 0. The summed E-state index contributed by atoms with van der Waals surface area (Å²) in [4.78, 5) is 12.3. The normalized spacial score (nSPS) is 13.4. The number of carbonyl (C=O) groups is 1. The molecule has 0 bridgehead atoms. The lowest BCUT2D eigenvalue weighted by Crippen LogP contribution is -2.45. The Morgan fingerprint density at radius 2 is 0.867 bits per heavy atom. The highest BCUT2D eigenvalue weighted by Crippen LogP contribution is 2.15. The Morgan fingerprint density at radius 1 is 0.511 bits per heavy atom. The summed E-state index contributed by atoms with van der Waals surface area (Å²) in [5.74, 6) is -0.0775. The highest BCUT2D eigenvalue weighted by molar-refractivity contribution is 5.76. The number of unbranched alkanes of at least 4 members (excludes halogenated alkanes) is 24. The molecule has 0 spiro atoms. The first-order chi connectivity index (χ1) is 22.2. The van der Waals surface area contributed by atoms with Gasteiger partial charge in [-0.15, -0.1) is 0 Å². The van der Waals surface area contributed by atoms with Crippen molar-refractivity contribution in [2.24, 2.45) is 0 Å². The van der Waals surface area contributed by atoms with Crippen LogP contribution < -0.4 is 5.32 Å². The molecule has 0 fully saturated rings. The number of rotatable bonds is 35. The SMILES string of the molecule is CCCCC/C=C/CC/C=C/CC/C=C/C(O)C(CO)NC(=O)CCCCCCCCCCCCCCCCCCCCCC. The maximum atomic E-state index is 12.3. The molecule has 264 valence electrons. The lowest BCUT2D eigenvalue weighted by Gasteiger charge is -2.19. The van der Waals surface area contributed by atoms with Crippen LogP contribution in [0.5, 0.6) is 0 Å². The monoisotopic (exact) mass is 632 g/mol. The second-order valence-corrected chi connectivity index (χ2v) is 13.3. The van der Waals surface area contributed by atoms with Gasteiger partial charge in [-0.05, 0) is 44.9 Å². The van der Waals surface area contributed by atoms with Crippen LogP contribution in [-0.2, 0) is 4.79 Å². The fraction of sp³-hybridized carbons (Fsp3) is 0.829. The zero-order valence-electron chi connectivity index (χ0n) is 30.1. The Hall–Kier alpha value is -1.39. The van der Waals surface area contributed by atoms with Gasteiger partial charge in [0, 0.05) is 6.42 Å². The fourth-order valence-electron chi connectivity index (χ4n) is 5.80. The highest BCUT2D eigenvalue weighted by Gasteiger charge is 2.17. The van der Waals surface area contributed by atoms with Crippen molar-refractivity contribution in [1.29, 1.82) is 0 Å². The molecule has 0 aliphatic carbocycles. The number of aliphatic hydroxyl groups is 2. The van der Waals surface area contributed by atoms with Crippen molar-refractivity contribution >= 4 is 5.91 Å². The van der Waals surface area contributed by atoms with Crippen LogP contribution in [0.1, 0.15) is 200 Å². The average Bonchev–Trinajstić information content (AvgIpc) is 3.04. The van der Waals surface area contributed by atoms with Crippen LogP contribution in [0.15, 0.2) is 36.5 Å². The summed E-state index contributed by atoms with van der Waals surface area (Å²) in [6, 6.07) is -0.640. The van der Waals surface area contributed by atoms with E-state index in [4.69, 9.17) is 0 Å². The van der Waals surface area contributed by atoms with E-state index >= 15 is 0 Å². The molecule has 3 N–H and O–H groups in total. The molecule has 0 radical (unpaired) electrons. The van der Waals surface area contributed by atoms with E-state index in [2.05, 4.69) is 43.5 Å². The molecule has 1 amide bonds. The number of hydrogen-bond acceptors (Lipinski definition) is 3. The van der Waals surface area contributed by atoms with Gasteiger partial charge < -0.3 is 15.5 Å². The summed E-state index contributed by atoms with van der Waals surface area (Å²) in [6.07, 6.45) is 48.1. The van der Waals surface area contributed by atoms with Crippen LogP contribution in [0, 0.1) is 0 Å². The molecule has 0 saturated heterocycles. The van der Waals surface area contributed by atoms with Crippen molar-refractivity contribution in [3.63, 3.8) is 0 Å². The molecule has 0 aromatic heterocycles. The Morgan fingerprint density at radius 3 is 1.29 bits per heavy atom. The minimum atomic E-state index is -0.865. The maximum Gasteiger partial charge on any atom is 0.220 e. The Bertz CT molecular complexity index is 686. The molecule has 0 aromatic carbocycles. The Labute approximate surface area is 281 Å². The molecule has 0 aliphatic heterocycles. The van der Waals surface area contributed by atoms with Gasteiger partial charge in [-0.3, -0.25) is 4.79 Å². The largest absolute Gasteiger partial charge is 0.394 e. The van der Waals surface area contributed by atoms with E-state index in [1.165, 1.54) is 141 Å². The number of aliphatic hydroxyl groups excluding tert-OH is 2. The first-order valence-corrected chi connectivity index (χ1v) is 19.7. The van der Waals surface area contributed by atoms with Crippen molar-refractivity contribution in [3.05, 3.63) is 36.5 Å². The van der Waals surface area contributed by atoms with E-state index in [1.807, 2.05) is 6.08 Å². The van der Waals surface area contributed by atoms with Gasteiger partial charge in [-0.1, -0.05) is 185 Å². The van der Waals surface area contributed by atoms with Crippen LogP contribution >= 0.6 is 0 Å². The average molecular weight is 632 g/mol. The van der Waals surface area contributed by atoms with E-state index in [1.54, 1.807) is 6.08 Å². The van der Waals surface area contributed by atoms with Crippen molar-refractivity contribution in [1.82, 2.24) is 5.32 Å². The lowest BCUT2D eigenvalue weighted by molar-refractivity contribution is -0.123. The summed E-state index contributed by atoms with van der Waals surface area (Å²) in [5, 5.41) is 22.9. The third-order valence-electron chi connectivity index (χ3n) is 8.85. The van der Waals surface area contributed by atoms with Crippen LogP contribution in [0.4, 0.5) is 0 Å². The van der Waals surface area contributed by atoms with Gasteiger partial charge in [0.15, 0.2) is 0 Å². The minimum absolute atomic E-state index is 0.0775. The summed E-state index contributed by atoms with van der Waals surface area (Å²) in [7, 11) is 0. The Kier molecular flexibility index (Phi) is 35.9. The van der Waals surface area contributed by atoms with E-state index in [0.717, 1.165) is 38.5 Å². The zero-order valence-corrected chi connectivity index (χ0v) is 30.1. The third-order valence-corrected chi connectivity index (χ3v) is 8.85. The van der Waals surface area contributed by atoms with Gasteiger partial charge in [-0.25, -0.2) is 0 Å². The summed E-state index contributed by atoms with van der Waals surface area (Å²) in [5.41, 5.74) is 0. The molecular formula is C41H77NO3. The van der Waals surface area contributed by atoms with Gasteiger partial charge in [-0.2, -0.15) is 0 Å². The number of amides is 1. The second-order valence-electron chi connectivity index (χ2n) is 13.3. The van der Waals surface area contributed by atoms with Gasteiger partial charge in [0.2, 0.25) is 5.91 Å². The van der Waals surface area contributed by atoms with Crippen molar-refractivity contribution in [2.45, 2.75) is 212 Å². The third kappa shape index (κ3) is 33.8. The zero-order chi connectivity index (χ0) is 32.9. The summed E-state index contributed by atoms with van der Waals surface area (Å²) in [6.45, 7) is 4.26. The van der Waals surface area contributed by atoms with Crippen molar-refractivity contribution in [2.75, 3.05) is 6.61 Å². The van der Waals surface area contributed by atoms with Crippen molar-refractivity contribution in [3.8, 4) is 0 Å². The smallest absolute Gasteiger partial charge is 0.220 e. The fourth-order valence-corrected chi connectivity index (χ4v) is 5.80. The molecule has 0 heterocycles. The van der Waals surface area contributed by atoms with Gasteiger partial charge >= 0.3 is 0 Å². The molecule has 0 aromatic rings. The molecule has 0 saturated carbocycles. The number of hydrogen-bond donors (Lipinski definition) is 3. The number of carbonyl (C=O) groups excluding carboxylic acids is 1. The lowest BCUT2D eigenvalue weighted by atomic mass is 10.0. The molecule has 4 heteroatoms. The first kappa shape index (κ1) is 43.6. The molecule has 2 atom stereocenters. The minimum Gasteiger partial charge on any atom is -0.394 e. The maximum absolute atomic E-state index is 12.3. The highest BCUT2D eigenvalue weighted by atomic mass is 16.3. The molecule has 2 unspecified atom stereocenters. The van der Waals surface area contributed by atoms with E-state index < -0.39 is 12.1 Å². The van der Waals surface area contributed by atoms with Crippen LogP contribution in [0.2, 0.25) is 0 Å². The van der Waals surface area contributed by atoms with Gasteiger partial charge in [0.1, 0.15) is 0 Å². The van der Waals surface area contributed by atoms with E-state index in [-0.39, 0.29) is 12.5 Å². The molecule has 0 rings (SSSR count). The first-order valence-electron chi connectivity index (χ1n) is 19.7. The van der Waals surface area contributed by atoms with E-state index in [9.17, 15) is 15.0 Å². The standard InChI is InChI=1S/C41H77NO3/c1-3-5-7-9-11-13-15-17-18-19-20-21-22-23-25-27-29-31-33-35-37-41(45)42-39(38-43)40(44)36-34-32-30-28-26-24-16-14-12-10-8-6-4-2/h12,14,26,28,34,36,39-40,43-44H,3-11,13,15-25,27,29-33,35,37-38H2,1-2H3,(H,42,45)/b14-12+,28-26+,36-34+. The second kappa shape index (κ2) is 37.1. The van der Waals surface area contributed by atoms with Gasteiger partial charge in [0.05, 0.1) is 18.8 Å². The molecule has 4 nitrogen and oxygen atoms in total. The predicted molar refractivity (Wildman–Crippen MR) is 198 cm³/mol. The van der Waals surface area contributed by atoms with Crippen molar-refractivity contribution < 1.29 is 15.0 Å². The Balaban J connectivity index is 3.60. The summed E-state index contributed by atoms with van der Waals surface area (Å²) < 4.78 is 0. The number of nitrogens with one attached hydrogen (secondary N) is 1. The predicted octanol–water partition coefficient (Wildman–Crippen LogP) is 11.8. The quantitative estimate of drug-likeness (QED) is 0.0481. The number of allylic oxidation sites excluding steroid dienone is 5. The molecular weight excluding hydrogens is 554 g/mol.